The molecule has 0 aliphatic carbocycles. The second kappa shape index (κ2) is 13.2. The van der Waals surface area contributed by atoms with Crippen LogP contribution in [0.2, 0.25) is 0 Å². The largest absolute Gasteiger partial charge is 0.469 e. The van der Waals surface area contributed by atoms with Gasteiger partial charge in [-0.05, 0) is 61.2 Å². The molecule has 3 aliphatic rings. The van der Waals surface area contributed by atoms with E-state index in [4.69, 9.17) is 19.3 Å². The number of aliphatic hydroxyl groups excluding tert-OH is 1. The van der Waals surface area contributed by atoms with Crippen molar-refractivity contribution in [1.29, 1.82) is 0 Å². The normalized spacial score (nSPS) is 20.0. The van der Waals surface area contributed by atoms with Crippen LogP contribution in [0.25, 0.3) is 0 Å². The molecule has 0 unspecified atom stereocenters. The number of amides is 4. The predicted molar refractivity (Wildman–Crippen MR) is 159 cm³/mol. The number of piperazine rings is 1. The highest BCUT2D eigenvalue weighted by atomic mass is 16.7. The van der Waals surface area contributed by atoms with Crippen LogP contribution in [-0.4, -0.2) is 90.0 Å². The molecule has 2 N–H and O–H groups in total. The molecule has 2 aromatic rings. The van der Waals surface area contributed by atoms with Crippen LogP contribution in [0.4, 0.5) is 4.79 Å². The number of carbonyl (C=O) groups is 3. The Labute approximate surface area is 252 Å². The number of hydrogen-bond acceptors (Lipinski definition) is 8. The van der Waals surface area contributed by atoms with Gasteiger partial charge in [-0.1, -0.05) is 33.3 Å². The molecule has 3 heterocycles. The minimum atomic E-state index is -0.820. The zero-order valence-corrected chi connectivity index (χ0v) is 25.2. The van der Waals surface area contributed by atoms with Gasteiger partial charge < -0.3 is 29.5 Å². The lowest BCUT2D eigenvalue weighted by atomic mass is 9.72. The van der Waals surface area contributed by atoms with Crippen LogP contribution >= 0.6 is 0 Å². The zero-order chi connectivity index (χ0) is 30.6. The number of β-amino-alcohol motifs (C(OH)–C–C–N with tert-alkyl or cyclic N) is 1. The van der Waals surface area contributed by atoms with E-state index in [-0.39, 0.29) is 31.3 Å². The SMILES string of the molecule is CCC[C@@H](NC(=O)N1C(=O)C(CC)(CC)[C@@H]1Oc1ccc(C(=O)N2CCN(CCO)CC2)cc1)c1ccc2c(c1)OCO2. The second-order valence-corrected chi connectivity index (χ2v) is 11.3. The molecule has 11 heteroatoms. The number of imide groups is 1. The first-order valence-corrected chi connectivity index (χ1v) is 15.3. The van der Waals surface area contributed by atoms with Crippen LogP contribution in [0.3, 0.4) is 0 Å². The monoisotopic (exact) mass is 594 g/mol. The fourth-order valence-electron chi connectivity index (χ4n) is 6.16. The van der Waals surface area contributed by atoms with Crippen LogP contribution in [0.15, 0.2) is 42.5 Å². The Morgan fingerprint density at radius 1 is 1.02 bits per heavy atom. The third-order valence-corrected chi connectivity index (χ3v) is 8.93. The quantitative estimate of drug-likeness (QED) is 0.378. The van der Waals surface area contributed by atoms with Crippen molar-refractivity contribution in [3.8, 4) is 17.2 Å². The summed E-state index contributed by atoms with van der Waals surface area (Å²) < 4.78 is 17.3. The van der Waals surface area contributed by atoms with Gasteiger partial charge in [0.25, 0.3) is 5.91 Å². The van der Waals surface area contributed by atoms with Crippen molar-refractivity contribution >= 4 is 17.8 Å². The van der Waals surface area contributed by atoms with E-state index in [1.807, 2.05) is 43.9 Å². The number of likely N-dealkylation sites (tertiary alicyclic amines) is 1. The van der Waals surface area contributed by atoms with Gasteiger partial charge >= 0.3 is 6.03 Å². The van der Waals surface area contributed by atoms with E-state index in [0.29, 0.717) is 61.7 Å². The number of aliphatic hydroxyl groups is 1. The lowest BCUT2D eigenvalue weighted by Crippen LogP contribution is -2.73. The lowest BCUT2D eigenvalue weighted by Gasteiger charge is -2.53. The first-order valence-electron chi connectivity index (χ1n) is 15.3. The van der Waals surface area contributed by atoms with Crippen molar-refractivity contribution in [2.45, 2.75) is 58.7 Å². The molecule has 4 amide bonds. The number of carbonyl (C=O) groups excluding carboxylic acids is 3. The molecule has 11 nitrogen and oxygen atoms in total. The summed E-state index contributed by atoms with van der Waals surface area (Å²) in [4.78, 5) is 45.3. The average Bonchev–Trinajstić information content (AvgIpc) is 3.50. The molecule has 0 spiro atoms. The summed E-state index contributed by atoms with van der Waals surface area (Å²) in [7, 11) is 0. The molecule has 2 atom stereocenters. The maximum atomic E-state index is 13.6. The van der Waals surface area contributed by atoms with Gasteiger partial charge in [0.15, 0.2) is 17.7 Å². The average molecular weight is 595 g/mol. The molecule has 2 saturated heterocycles. The highest BCUT2D eigenvalue weighted by molar-refractivity contribution is 6.03. The van der Waals surface area contributed by atoms with Gasteiger partial charge in [-0.25, -0.2) is 9.69 Å². The summed E-state index contributed by atoms with van der Waals surface area (Å²) in [6, 6.07) is 11.7. The smallest absolute Gasteiger partial charge is 0.327 e. The first-order chi connectivity index (χ1) is 20.8. The number of nitrogens with one attached hydrogen (secondary N) is 1. The molecule has 2 fully saturated rings. The highest BCUT2D eigenvalue weighted by Crippen LogP contribution is 2.46. The summed E-state index contributed by atoms with van der Waals surface area (Å²) in [5.41, 5.74) is 0.599. The van der Waals surface area contributed by atoms with Crippen LogP contribution in [0.5, 0.6) is 17.2 Å². The summed E-state index contributed by atoms with van der Waals surface area (Å²) in [6.07, 6.45) is 1.77. The van der Waals surface area contributed by atoms with E-state index in [1.54, 1.807) is 24.3 Å². The molecule has 0 bridgehead atoms. The van der Waals surface area contributed by atoms with E-state index in [2.05, 4.69) is 10.2 Å². The molecule has 0 radical (unpaired) electrons. The van der Waals surface area contributed by atoms with Crippen molar-refractivity contribution < 1.29 is 33.7 Å². The van der Waals surface area contributed by atoms with Crippen molar-refractivity contribution in [1.82, 2.24) is 20.0 Å². The van der Waals surface area contributed by atoms with Gasteiger partial charge in [-0.2, -0.15) is 0 Å². The molecular formula is C32H42N4O7. The Kier molecular flexibility index (Phi) is 9.41. The number of urea groups is 1. The molecule has 3 aliphatic heterocycles. The van der Waals surface area contributed by atoms with Gasteiger partial charge in [-0.3, -0.25) is 14.5 Å². The molecule has 0 saturated carbocycles. The van der Waals surface area contributed by atoms with E-state index < -0.39 is 17.7 Å². The number of rotatable bonds is 11. The molecule has 43 heavy (non-hydrogen) atoms. The fourth-order valence-corrected chi connectivity index (χ4v) is 6.16. The van der Waals surface area contributed by atoms with Crippen molar-refractivity contribution in [3.05, 3.63) is 53.6 Å². The Bertz CT molecular complexity index is 1310. The Morgan fingerprint density at radius 2 is 1.72 bits per heavy atom. The van der Waals surface area contributed by atoms with Gasteiger partial charge in [0.2, 0.25) is 12.7 Å². The minimum absolute atomic E-state index is 0.0584. The van der Waals surface area contributed by atoms with Crippen LogP contribution in [0, 0.1) is 5.41 Å². The number of fused-ring (bicyclic) bond motifs is 1. The molecule has 232 valence electrons. The summed E-state index contributed by atoms with van der Waals surface area (Å²) >= 11 is 0. The summed E-state index contributed by atoms with van der Waals surface area (Å²) in [5.74, 6) is 1.47. The topological polar surface area (TPSA) is 121 Å². The number of ether oxygens (including phenoxy) is 3. The van der Waals surface area contributed by atoms with E-state index in [0.717, 1.165) is 25.1 Å². The molecule has 5 rings (SSSR count). The van der Waals surface area contributed by atoms with E-state index >= 15 is 0 Å². The summed E-state index contributed by atoms with van der Waals surface area (Å²) in [5, 5.41) is 12.2. The summed E-state index contributed by atoms with van der Waals surface area (Å²) in [6.45, 7) is 9.45. The second-order valence-electron chi connectivity index (χ2n) is 11.3. The van der Waals surface area contributed by atoms with E-state index in [1.165, 1.54) is 4.90 Å². The van der Waals surface area contributed by atoms with Gasteiger partial charge in [0.1, 0.15) is 11.2 Å². The van der Waals surface area contributed by atoms with Crippen molar-refractivity contribution in [3.63, 3.8) is 0 Å². The van der Waals surface area contributed by atoms with Crippen molar-refractivity contribution in [2.24, 2.45) is 5.41 Å². The number of nitrogens with zero attached hydrogens (tertiary/aromatic N) is 3. The zero-order valence-electron chi connectivity index (χ0n) is 25.2. The highest BCUT2D eigenvalue weighted by Gasteiger charge is 2.63. The van der Waals surface area contributed by atoms with Crippen molar-refractivity contribution in [2.75, 3.05) is 46.1 Å². The number of benzene rings is 2. The fraction of sp³-hybridized carbons (Fsp3) is 0.531. The third-order valence-electron chi connectivity index (χ3n) is 8.93. The Morgan fingerprint density at radius 3 is 2.37 bits per heavy atom. The van der Waals surface area contributed by atoms with Gasteiger partial charge in [0.05, 0.1) is 12.6 Å². The first kappa shape index (κ1) is 30.6. The maximum absolute atomic E-state index is 13.6. The standard InChI is InChI=1S/C32H42N4O7/c1-4-7-25(23-10-13-26-27(20-23)42-21-41-26)33-31(40)36-29(39)32(5-2,6-3)30(36)43-24-11-8-22(9-12-24)28(38)35-16-14-34(15-17-35)18-19-37/h8-13,20,25,30,37H,4-7,14-19,21H2,1-3H3,(H,33,40)/t25-,30+/m1/s1. The molecule has 2 aromatic carbocycles. The maximum Gasteiger partial charge on any atom is 0.327 e. The molecule has 0 aromatic heterocycles. The van der Waals surface area contributed by atoms with Crippen LogP contribution in [-0.2, 0) is 4.79 Å². The minimum Gasteiger partial charge on any atom is -0.469 e. The molecular weight excluding hydrogens is 552 g/mol. The van der Waals surface area contributed by atoms with Crippen LogP contribution < -0.4 is 19.5 Å². The lowest BCUT2D eigenvalue weighted by molar-refractivity contribution is -0.191. The van der Waals surface area contributed by atoms with Gasteiger partial charge in [0, 0.05) is 38.3 Å². The number of β-lactam (4-membered cyclic amide) rings is 1. The Hall–Kier alpha value is -3.83. The van der Waals surface area contributed by atoms with Gasteiger partial charge in [-0.15, -0.1) is 0 Å². The third kappa shape index (κ3) is 6.01. The predicted octanol–water partition coefficient (Wildman–Crippen LogP) is 3.77. The number of hydrogen-bond donors (Lipinski definition) is 2. The van der Waals surface area contributed by atoms with E-state index in [9.17, 15) is 14.4 Å². The Balaban J connectivity index is 1.28. The van der Waals surface area contributed by atoms with Crippen LogP contribution in [0.1, 0.15) is 68.4 Å².